The highest BCUT2D eigenvalue weighted by molar-refractivity contribution is 7.89. The number of piperazine rings is 1. The van der Waals surface area contributed by atoms with Gasteiger partial charge in [-0.3, -0.25) is 9.69 Å². The third kappa shape index (κ3) is 5.53. The van der Waals surface area contributed by atoms with E-state index in [-0.39, 0.29) is 12.0 Å². The van der Waals surface area contributed by atoms with Crippen LogP contribution in [0.2, 0.25) is 0 Å². The van der Waals surface area contributed by atoms with Gasteiger partial charge < -0.3 is 10.1 Å². The van der Waals surface area contributed by atoms with Crippen LogP contribution < -0.4 is 5.32 Å². The van der Waals surface area contributed by atoms with Crippen LogP contribution in [0.15, 0.2) is 29.2 Å². The van der Waals surface area contributed by atoms with Crippen molar-refractivity contribution < 1.29 is 17.9 Å². The van der Waals surface area contributed by atoms with Crippen molar-refractivity contribution in [2.75, 3.05) is 45.9 Å². The second-order valence-electron chi connectivity index (χ2n) is 7.51. The van der Waals surface area contributed by atoms with Crippen LogP contribution in [0.5, 0.6) is 0 Å². The fraction of sp³-hybridized carbons (Fsp3) is 0.650. The van der Waals surface area contributed by atoms with Crippen LogP contribution in [0, 0.1) is 0 Å². The van der Waals surface area contributed by atoms with Gasteiger partial charge in [0.25, 0.3) is 0 Å². The molecule has 1 aromatic rings. The van der Waals surface area contributed by atoms with Gasteiger partial charge in [0.15, 0.2) is 0 Å². The number of nitrogens with one attached hydrogen (secondary N) is 1. The van der Waals surface area contributed by atoms with E-state index in [4.69, 9.17) is 4.74 Å². The molecule has 0 spiro atoms. The van der Waals surface area contributed by atoms with Crippen LogP contribution in [0.3, 0.4) is 0 Å². The van der Waals surface area contributed by atoms with E-state index in [1.54, 1.807) is 12.1 Å². The number of benzene rings is 1. The zero-order valence-corrected chi connectivity index (χ0v) is 17.4. The lowest BCUT2D eigenvalue weighted by atomic mass is 10.1. The summed E-state index contributed by atoms with van der Waals surface area (Å²) in [5.41, 5.74) is 1.15. The Morgan fingerprint density at radius 3 is 2.50 bits per heavy atom. The maximum absolute atomic E-state index is 12.8. The number of hydrogen-bond donors (Lipinski definition) is 1. The lowest BCUT2D eigenvalue weighted by molar-refractivity contribution is -0.123. The van der Waals surface area contributed by atoms with Crippen LogP contribution >= 0.6 is 0 Å². The van der Waals surface area contributed by atoms with Crippen molar-refractivity contribution in [1.29, 1.82) is 0 Å². The molecule has 1 atom stereocenters. The fourth-order valence-electron chi connectivity index (χ4n) is 3.69. The molecule has 8 heteroatoms. The molecule has 0 aliphatic carbocycles. The maximum atomic E-state index is 12.8. The minimum atomic E-state index is -3.48. The normalized spacial score (nSPS) is 21.7. The van der Waals surface area contributed by atoms with Gasteiger partial charge in [0, 0.05) is 39.3 Å². The van der Waals surface area contributed by atoms with Crippen molar-refractivity contribution in [2.24, 2.45) is 0 Å². The summed E-state index contributed by atoms with van der Waals surface area (Å²) in [7, 11) is -3.48. The Bertz CT molecular complexity index is 737. The number of sulfonamides is 1. The Morgan fingerprint density at radius 2 is 1.89 bits per heavy atom. The van der Waals surface area contributed by atoms with E-state index in [0.717, 1.165) is 37.9 Å². The minimum Gasteiger partial charge on any atom is -0.376 e. The van der Waals surface area contributed by atoms with E-state index >= 15 is 0 Å². The summed E-state index contributed by atoms with van der Waals surface area (Å²) in [6.07, 6.45) is 4.17. The summed E-state index contributed by atoms with van der Waals surface area (Å²) in [6, 6.07) is 7.19. The molecule has 2 aliphatic heterocycles. The van der Waals surface area contributed by atoms with E-state index in [1.165, 1.54) is 4.31 Å². The van der Waals surface area contributed by atoms with Crippen molar-refractivity contribution in [2.45, 2.75) is 43.6 Å². The summed E-state index contributed by atoms with van der Waals surface area (Å²) >= 11 is 0. The van der Waals surface area contributed by atoms with Gasteiger partial charge in [-0.2, -0.15) is 4.31 Å². The third-order valence-corrected chi connectivity index (χ3v) is 7.26. The molecule has 1 aromatic carbocycles. The number of hydrogen-bond acceptors (Lipinski definition) is 5. The van der Waals surface area contributed by atoms with E-state index in [1.807, 2.05) is 17.0 Å². The lowest BCUT2D eigenvalue weighted by Crippen LogP contribution is -2.51. The van der Waals surface area contributed by atoms with E-state index in [0.29, 0.717) is 44.2 Å². The Labute approximate surface area is 168 Å². The third-order valence-electron chi connectivity index (χ3n) is 5.35. The molecule has 2 aliphatic rings. The summed E-state index contributed by atoms with van der Waals surface area (Å²) in [5.74, 6) is -0.0293. The molecule has 0 saturated carbocycles. The van der Waals surface area contributed by atoms with Crippen molar-refractivity contribution in [3.63, 3.8) is 0 Å². The first-order valence-electron chi connectivity index (χ1n) is 10.2. The largest absolute Gasteiger partial charge is 0.376 e. The zero-order chi connectivity index (χ0) is 20.0. The molecule has 2 heterocycles. The van der Waals surface area contributed by atoms with Crippen LogP contribution in [0.1, 0.15) is 31.7 Å². The van der Waals surface area contributed by atoms with Gasteiger partial charge in [0.1, 0.15) is 0 Å². The highest BCUT2D eigenvalue weighted by Crippen LogP contribution is 2.19. The minimum absolute atomic E-state index is 0.0293. The number of amides is 1. The molecule has 156 valence electrons. The second-order valence-corrected chi connectivity index (χ2v) is 9.45. The molecule has 7 nitrogen and oxygen atoms in total. The predicted octanol–water partition coefficient (Wildman–Crippen LogP) is 1.24. The Morgan fingerprint density at radius 1 is 1.18 bits per heavy atom. The first kappa shape index (κ1) is 21.2. The quantitative estimate of drug-likeness (QED) is 0.699. The van der Waals surface area contributed by atoms with Gasteiger partial charge in [0.2, 0.25) is 15.9 Å². The Hall–Kier alpha value is -1.48. The van der Waals surface area contributed by atoms with Crippen LogP contribution in [0.25, 0.3) is 0 Å². The summed E-state index contributed by atoms with van der Waals surface area (Å²) < 4.78 is 32.7. The Kier molecular flexibility index (Phi) is 7.45. The molecule has 0 radical (unpaired) electrons. The number of aryl methyl sites for hydroxylation is 1. The number of nitrogens with zero attached hydrogens (tertiary/aromatic N) is 2. The van der Waals surface area contributed by atoms with Gasteiger partial charge in [-0.1, -0.05) is 25.5 Å². The molecule has 1 amide bonds. The molecule has 1 N–H and O–H groups in total. The molecular weight excluding hydrogens is 378 g/mol. The van der Waals surface area contributed by atoms with E-state index < -0.39 is 10.0 Å². The standard InChI is InChI=1S/C20H31N3O4S/c1-2-4-17-6-8-19(9-7-17)28(25,26)23-12-10-22(11-13-23)16-20(24)21-15-18-5-3-14-27-18/h6-9,18H,2-5,10-16H2,1H3,(H,21,24)/t18-/m1/s1. The molecular formula is C20H31N3O4S. The van der Waals surface area contributed by atoms with Gasteiger partial charge in [-0.15, -0.1) is 0 Å². The van der Waals surface area contributed by atoms with E-state index in [9.17, 15) is 13.2 Å². The number of rotatable bonds is 8. The van der Waals surface area contributed by atoms with Crippen molar-refractivity contribution in [1.82, 2.24) is 14.5 Å². The highest BCUT2D eigenvalue weighted by atomic mass is 32.2. The average molecular weight is 410 g/mol. The first-order chi connectivity index (χ1) is 13.5. The van der Waals surface area contributed by atoms with Crippen LogP contribution in [0.4, 0.5) is 0 Å². The highest BCUT2D eigenvalue weighted by Gasteiger charge is 2.29. The second kappa shape index (κ2) is 9.82. The van der Waals surface area contributed by atoms with Crippen LogP contribution in [-0.2, 0) is 26.0 Å². The molecule has 2 saturated heterocycles. The molecule has 0 aromatic heterocycles. The van der Waals surface area contributed by atoms with Crippen LogP contribution in [-0.4, -0.2) is 75.5 Å². The summed E-state index contributed by atoms with van der Waals surface area (Å²) in [6.45, 7) is 5.65. The monoisotopic (exact) mass is 409 g/mol. The van der Waals surface area contributed by atoms with Gasteiger partial charge in [-0.05, 0) is 37.0 Å². The van der Waals surface area contributed by atoms with Crippen molar-refractivity contribution in [3.05, 3.63) is 29.8 Å². The van der Waals surface area contributed by atoms with Gasteiger partial charge in [0.05, 0.1) is 17.5 Å². The van der Waals surface area contributed by atoms with Crippen molar-refractivity contribution in [3.8, 4) is 0 Å². The Balaban J connectivity index is 1.46. The molecule has 2 fully saturated rings. The first-order valence-corrected chi connectivity index (χ1v) is 11.6. The van der Waals surface area contributed by atoms with Crippen molar-refractivity contribution >= 4 is 15.9 Å². The SMILES string of the molecule is CCCc1ccc(S(=O)(=O)N2CCN(CC(=O)NC[C@H]3CCCO3)CC2)cc1. The average Bonchev–Trinajstić information content (AvgIpc) is 3.21. The number of carbonyl (C=O) groups excluding carboxylic acids is 1. The molecule has 28 heavy (non-hydrogen) atoms. The van der Waals surface area contributed by atoms with Gasteiger partial charge >= 0.3 is 0 Å². The lowest BCUT2D eigenvalue weighted by Gasteiger charge is -2.33. The summed E-state index contributed by atoms with van der Waals surface area (Å²) in [5, 5.41) is 2.92. The molecule has 3 rings (SSSR count). The van der Waals surface area contributed by atoms with Gasteiger partial charge in [-0.25, -0.2) is 8.42 Å². The van der Waals surface area contributed by atoms with E-state index in [2.05, 4.69) is 12.2 Å². The smallest absolute Gasteiger partial charge is 0.243 e. The predicted molar refractivity (Wildman–Crippen MR) is 108 cm³/mol. The summed E-state index contributed by atoms with van der Waals surface area (Å²) in [4.78, 5) is 14.5. The topological polar surface area (TPSA) is 79.0 Å². The molecule has 0 unspecified atom stereocenters. The zero-order valence-electron chi connectivity index (χ0n) is 16.6. The number of carbonyl (C=O) groups is 1. The maximum Gasteiger partial charge on any atom is 0.243 e. The molecule has 0 bridgehead atoms. The fourth-order valence-corrected chi connectivity index (χ4v) is 5.11. The number of ether oxygens (including phenoxy) is 1.